The monoisotopic (exact) mass is 364 g/mol. The largest absolute Gasteiger partial charge is 0.508 e. The number of aromatic hydroxyl groups is 1. The van der Waals surface area contributed by atoms with Crippen LogP contribution in [0, 0.1) is 6.92 Å². The molecule has 3 aromatic carbocycles. The number of nitrogens with one attached hydrogen (secondary N) is 2. The number of halogens is 1. The Morgan fingerprint density at radius 2 is 1.65 bits per heavy atom. The zero-order chi connectivity index (χ0) is 18.3. The van der Waals surface area contributed by atoms with Crippen LogP contribution in [0.5, 0.6) is 5.75 Å². The van der Waals surface area contributed by atoms with E-state index in [4.69, 9.17) is 11.6 Å². The smallest absolute Gasteiger partial charge is 0.268 e. The molecule has 5 heteroatoms. The van der Waals surface area contributed by atoms with Gasteiger partial charge in [-0.2, -0.15) is 0 Å². The van der Waals surface area contributed by atoms with Crippen molar-refractivity contribution in [2.75, 3.05) is 0 Å². The average Bonchev–Trinajstić information content (AvgIpc) is 2.97. The average molecular weight is 365 g/mol. The number of rotatable bonds is 3. The molecule has 0 fully saturated rings. The highest BCUT2D eigenvalue weighted by molar-refractivity contribution is 6.30. The maximum Gasteiger partial charge on any atom is 0.268 e. The Morgan fingerprint density at radius 3 is 2.35 bits per heavy atom. The van der Waals surface area contributed by atoms with Crippen LogP contribution >= 0.6 is 11.6 Å². The predicted octanol–water partition coefficient (Wildman–Crippen LogP) is 4.70. The number of fused-ring (bicyclic) bond motifs is 1. The lowest BCUT2D eigenvalue weighted by molar-refractivity contribution is 0.468. The number of phenolic OH excluding ortho intramolecular Hbond substituents is 1. The van der Waals surface area contributed by atoms with Gasteiger partial charge in [-0.05, 0) is 41.5 Å². The molecule has 3 N–H and O–H groups in total. The van der Waals surface area contributed by atoms with Gasteiger partial charge in [-0.3, -0.25) is 9.89 Å². The van der Waals surface area contributed by atoms with E-state index >= 15 is 0 Å². The van der Waals surface area contributed by atoms with E-state index in [0.29, 0.717) is 16.1 Å². The molecule has 4 nitrogen and oxygen atoms in total. The zero-order valence-corrected chi connectivity index (χ0v) is 14.8. The van der Waals surface area contributed by atoms with Gasteiger partial charge in [0.25, 0.3) is 5.56 Å². The summed E-state index contributed by atoms with van der Waals surface area (Å²) in [6.07, 6.45) is 0. The lowest BCUT2D eigenvalue weighted by Gasteiger charge is -2.21. The maximum absolute atomic E-state index is 12.5. The second-order valence-electron chi connectivity index (χ2n) is 6.32. The number of aromatic nitrogens is 2. The molecule has 4 aromatic rings. The quantitative estimate of drug-likeness (QED) is 0.493. The lowest BCUT2D eigenvalue weighted by atomic mass is 9.82. The number of benzene rings is 3. The molecular weight excluding hydrogens is 348 g/mol. The molecule has 1 unspecified atom stereocenters. The van der Waals surface area contributed by atoms with Crippen molar-refractivity contribution in [1.82, 2.24) is 10.2 Å². The first kappa shape index (κ1) is 16.5. The van der Waals surface area contributed by atoms with Crippen molar-refractivity contribution in [3.63, 3.8) is 0 Å². The van der Waals surface area contributed by atoms with Crippen molar-refractivity contribution >= 4 is 22.4 Å². The number of hydrogen-bond acceptors (Lipinski definition) is 2. The number of aromatic amines is 2. The molecule has 4 rings (SSSR count). The molecule has 0 bridgehead atoms. The van der Waals surface area contributed by atoms with Crippen LogP contribution in [-0.4, -0.2) is 15.3 Å². The fourth-order valence-corrected chi connectivity index (χ4v) is 3.65. The molecule has 0 amide bonds. The summed E-state index contributed by atoms with van der Waals surface area (Å²) in [6.45, 7) is 1.85. The van der Waals surface area contributed by atoms with Gasteiger partial charge in [0.1, 0.15) is 5.75 Å². The third-order valence-corrected chi connectivity index (χ3v) is 4.99. The molecule has 130 valence electrons. The van der Waals surface area contributed by atoms with Gasteiger partial charge in [-0.1, -0.05) is 54.1 Å². The van der Waals surface area contributed by atoms with Crippen LogP contribution in [0.25, 0.3) is 10.8 Å². The summed E-state index contributed by atoms with van der Waals surface area (Å²) in [6, 6.07) is 18.8. The fraction of sp³-hybridized carbons (Fsp3) is 0.0952. The Balaban J connectivity index is 2.09. The van der Waals surface area contributed by atoms with Gasteiger partial charge in [0.05, 0.1) is 5.56 Å². The molecule has 1 heterocycles. The second kappa shape index (κ2) is 6.39. The van der Waals surface area contributed by atoms with Crippen LogP contribution in [0.1, 0.15) is 28.3 Å². The summed E-state index contributed by atoms with van der Waals surface area (Å²) in [7, 11) is 0. The van der Waals surface area contributed by atoms with Crippen molar-refractivity contribution in [3.8, 4) is 5.75 Å². The van der Waals surface area contributed by atoms with E-state index in [1.807, 2.05) is 49.4 Å². The zero-order valence-electron chi connectivity index (χ0n) is 14.1. The first-order valence-electron chi connectivity index (χ1n) is 8.29. The van der Waals surface area contributed by atoms with Gasteiger partial charge in [0, 0.05) is 22.2 Å². The van der Waals surface area contributed by atoms with Gasteiger partial charge in [0.15, 0.2) is 0 Å². The van der Waals surface area contributed by atoms with E-state index in [2.05, 4.69) is 10.2 Å². The van der Waals surface area contributed by atoms with Crippen molar-refractivity contribution in [3.05, 3.63) is 98.4 Å². The highest BCUT2D eigenvalue weighted by atomic mass is 35.5. The standard InChI is InChI=1S/C21H17ClN2O2/c1-12-18(21(26)24-23-12)19(14-6-9-15(22)10-7-14)20-16-5-3-2-4-13(16)8-11-17(20)25/h2-11,19,25H,1H3,(H2,23,24,26). The predicted molar refractivity (Wildman–Crippen MR) is 104 cm³/mol. The minimum atomic E-state index is -0.423. The molecule has 0 saturated heterocycles. The number of hydrogen-bond donors (Lipinski definition) is 3. The Kier molecular flexibility index (Phi) is 4.05. The third kappa shape index (κ3) is 2.68. The molecule has 0 aliphatic rings. The van der Waals surface area contributed by atoms with E-state index < -0.39 is 5.92 Å². The van der Waals surface area contributed by atoms with Crippen LogP contribution in [-0.2, 0) is 0 Å². The Labute approximate surface area is 155 Å². The van der Waals surface area contributed by atoms with Crippen LogP contribution in [0.2, 0.25) is 5.02 Å². The number of phenols is 1. The van der Waals surface area contributed by atoms with Crippen LogP contribution in [0.4, 0.5) is 0 Å². The molecule has 0 spiro atoms. The molecule has 0 saturated carbocycles. The molecule has 1 aromatic heterocycles. The second-order valence-corrected chi connectivity index (χ2v) is 6.76. The molecule has 26 heavy (non-hydrogen) atoms. The van der Waals surface area contributed by atoms with Crippen molar-refractivity contribution in [1.29, 1.82) is 0 Å². The number of H-pyrrole nitrogens is 2. The molecule has 0 aliphatic carbocycles. The van der Waals surface area contributed by atoms with Gasteiger partial charge in [0.2, 0.25) is 0 Å². The fourth-order valence-electron chi connectivity index (χ4n) is 3.52. The van der Waals surface area contributed by atoms with Crippen molar-refractivity contribution in [2.45, 2.75) is 12.8 Å². The molecular formula is C21H17ClN2O2. The third-order valence-electron chi connectivity index (χ3n) is 4.74. The summed E-state index contributed by atoms with van der Waals surface area (Å²) in [4.78, 5) is 12.5. The molecule has 1 atom stereocenters. The normalized spacial score (nSPS) is 12.4. The van der Waals surface area contributed by atoms with E-state index in [9.17, 15) is 9.90 Å². The van der Waals surface area contributed by atoms with E-state index in [0.717, 1.165) is 22.0 Å². The summed E-state index contributed by atoms with van der Waals surface area (Å²) in [5, 5.41) is 18.8. The van der Waals surface area contributed by atoms with Crippen LogP contribution in [0.15, 0.2) is 65.5 Å². The Morgan fingerprint density at radius 1 is 0.923 bits per heavy atom. The maximum atomic E-state index is 12.5. The van der Waals surface area contributed by atoms with E-state index in [1.165, 1.54) is 0 Å². The summed E-state index contributed by atoms with van der Waals surface area (Å²) >= 11 is 6.05. The minimum Gasteiger partial charge on any atom is -0.508 e. The molecule has 0 aliphatic heterocycles. The summed E-state index contributed by atoms with van der Waals surface area (Å²) in [5.41, 5.74) is 2.71. The van der Waals surface area contributed by atoms with Crippen LogP contribution in [0.3, 0.4) is 0 Å². The van der Waals surface area contributed by atoms with Gasteiger partial charge < -0.3 is 10.2 Å². The first-order valence-corrected chi connectivity index (χ1v) is 8.67. The highest BCUT2D eigenvalue weighted by Crippen LogP contribution is 2.41. The first-order chi connectivity index (χ1) is 12.6. The summed E-state index contributed by atoms with van der Waals surface area (Å²) in [5.74, 6) is -0.267. The van der Waals surface area contributed by atoms with Crippen molar-refractivity contribution < 1.29 is 5.11 Å². The van der Waals surface area contributed by atoms with Gasteiger partial charge in [-0.15, -0.1) is 0 Å². The highest BCUT2D eigenvalue weighted by Gasteiger charge is 2.27. The Hall–Kier alpha value is -2.98. The van der Waals surface area contributed by atoms with Gasteiger partial charge >= 0.3 is 0 Å². The number of aryl methyl sites for hydroxylation is 1. The lowest BCUT2D eigenvalue weighted by Crippen LogP contribution is -2.15. The summed E-state index contributed by atoms with van der Waals surface area (Å²) < 4.78 is 0. The SMILES string of the molecule is Cc1[nH][nH]c(=O)c1C(c1ccc(Cl)cc1)c1c(O)ccc2ccccc12. The van der Waals surface area contributed by atoms with Crippen molar-refractivity contribution in [2.24, 2.45) is 0 Å². The topological polar surface area (TPSA) is 68.9 Å². The van der Waals surface area contributed by atoms with Gasteiger partial charge in [-0.25, -0.2) is 0 Å². The van der Waals surface area contributed by atoms with E-state index in [-0.39, 0.29) is 11.3 Å². The van der Waals surface area contributed by atoms with E-state index in [1.54, 1.807) is 18.2 Å². The minimum absolute atomic E-state index is 0.156. The van der Waals surface area contributed by atoms with Crippen LogP contribution < -0.4 is 5.56 Å². The Bertz CT molecular complexity index is 1140. The molecule has 0 radical (unpaired) electrons.